The van der Waals surface area contributed by atoms with E-state index >= 15 is 0 Å². The Labute approximate surface area is 98.1 Å². The van der Waals surface area contributed by atoms with E-state index in [-0.39, 0.29) is 5.82 Å². The highest BCUT2D eigenvalue weighted by molar-refractivity contribution is 6.17. The van der Waals surface area contributed by atoms with Crippen LogP contribution in [0.5, 0.6) is 0 Å². The molecule has 0 aliphatic carbocycles. The molecule has 0 amide bonds. The molecule has 2 rings (SSSR count). The van der Waals surface area contributed by atoms with Gasteiger partial charge >= 0.3 is 0 Å². The summed E-state index contributed by atoms with van der Waals surface area (Å²) < 4.78 is 12.6. The molecule has 0 unspecified atom stereocenters. The van der Waals surface area contributed by atoms with Crippen LogP contribution in [0.3, 0.4) is 0 Å². The van der Waals surface area contributed by atoms with E-state index in [1.54, 1.807) is 6.07 Å². The molecule has 0 bridgehead atoms. The van der Waals surface area contributed by atoms with E-state index in [1.807, 2.05) is 24.3 Å². The number of hydrogen-bond acceptors (Lipinski definition) is 2. The molecule has 0 aliphatic heterocycles. The Balaban J connectivity index is 2.11. The first-order valence-corrected chi connectivity index (χ1v) is 5.35. The van der Waals surface area contributed by atoms with Crippen LogP contribution in [-0.2, 0) is 5.88 Å². The standard InChI is InChI=1S/C12H10ClFN2/c13-7-9-1-4-11(5-2-9)16-12-6-3-10(14)8-15-12/h1-6,8H,7H2,(H,15,16). The molecule has 0 radical (unpaired) electrons. The lowest BCUT2D eigenvalue weighted by Crippen LogP contribution is -1.93. The zero-order chi connectivity index (χ0) is 11.4. The van der Waals surface area contributed by atoms with Crippen molar-refractivity contribution in [2.75, 3.05) is 5.32 Å². The highest BCUT2D eigenvalue weighted by Gasteiger charge is 1.97. The molecule has 0 fully saturated rings. The van der Waals surface area contributed by atoms with Gasteiger partial charge in [-0.25, -0.2) is 9.37 Å². The number of aromatic nitrogens is 1. The maximum Gasteiger partial charge on any atom is 0.141 e. The smallest absolute Gasteiger partial charge is 0.141 e. The van der Waals surface area contributed by atoms with Gasteiger partial charge in [0.2, 0.25) is 0 Å². The van der Waals surface area contributed by atoms with Crippen LogP contribution in [0.25, 0.3) is 0 Å². The quantitative estimate of drug-likeness (QED) is 0.822. The van der Waals surface area contributed by atoms with E-state index in [2.05, 4.69) is 10.3 Å². The zero-order valence-corrected chi connectivity index (χ0v) is 9.21. The van der Waals surface area contributed by atoms with Gasteiger partial charge < -0.3 is 5.32 Å². The van der Waals surface area contributed by atoms with Crippen molar-refractivity contribution in [1.29, 1.82) is 0 Å². The summed E-state index contributed by atoms with van der Waals surface area (Å²) in [5.74, 6) is 0.762. The van der Waals surface area contributed by atoms with Crippen molar-refractivity contribution < 1.29 is 4.39 Å². The van der Waals surface area contributed by atoms with Gasteiger partial charge in [0.1, 0.15) is 11.6 Å². The zero-order valence-electron chi connectivity index (χ0n) is 8.45. The number of benzene rings is 1. The molecule has 0 saturated carbocycles. The molecule has 2 aromatic rings. The van der Waals surface area contributed by atoms with Gasteiger partial charge in [0.25, 0.3) is 0 Å². The van der Waals surface area contributed by atoms with Gasteiger partial charge in [-0.2, -0.15) is 0 Å². The number of hydrogen-bond donors (Lipinski definition) is 1. The number of rotatable bonds is 3. The molecule has 0 atom stereocenters. The SMILES string of the molecule is Fc1ccc(Nc2ccc(CCl)cc2)nc1. The predicted molar refractivity (Wildman–Crippen MR) is 63.5 cm³/mol. The summed E-state index contributed by atoms with van der Waals surface area (Å²) >= 11 is 5.68. The molecule has 1 N–H and O–H groups in total. The number of pyridine rings is 1. The molecule has 2 nitrogen and oxygen atoms in total. The average Bonchev–Trinajstić information content (AvgIpc) is 2.33. The van der Waals surface area contributed by atoms with Crippen molar-refractivity contribution in [3.63, 3.8) is 0 Å². The van der Waals surface area contributed by atoms with Crippen molar-refractivity contribution in [1.82, 2.24) is 4.98 Å². The summed E-state index contributed by atoms with van der Waals surface area (Å²) in [5.41, 5.74) is 1.95. The van der Waals surface area contributed by atoms with Gasteiger partial charge in [-0.05, 0) is 29.8 Å². The number of alkyl halides is 1. The first-order chi connectivity index (χ1) is 7.78. The Kier molecular flexibility index (Phi) is 3.37. The monoisotopic (exact) mass is 236 g/mol. The molecule has 82 valence electrons. The molecule has 0 aliphatic rings. The second-order valence-electron chi connectivity index (χ2n) is 3.32. The van der Waals surface area contributed by atoms with Crippen LogP contribution in [0.2, 0.25) is 0 Å². The Morgan fingerprint density at radius 1 is 1.12 bits per heavy atom. The van der Waals surface area contributed by atoms with Gasteiger partial charge in [-0.1, -0.05) is 12.1 Å². The molecule has 1 heterocycles. The average molecular weight is 237 g/mol. The van der Waals surface area contributed by atoms with Gasteiger partial charge in [0.15, 0.2) is 0 Å². The fourth-order valence-corrected chi connectivity index (χ4v) is 1.45. The molecule has 16 heavy (non-hydrogen) atoms. The van der Waals surface area contributed by atoms with Crippen molar-refractivity contribution in [3.8, 4) is 0 Å². The van der Waals surface area contributed by atoms with Crippen LogP contribution in [0.4, 0.5) is 15.9 Å². The first-order valence-electron chi connectivity index (χ1n) is 4.81. The number of nitrogens with zero attached hydrogens (tertiary/aromatic N) is 1. The van der Waals surface area contributed by atoms with Crippen LogP contribution in [0.1, 0.15) is 5.56 Å². The molecule has 1 aromatic heterocycles. The summed E-state index contributed by atoms with van der Waals surface area (Å²) in [4.78, 5) is 3.90. The fraction of sp³-hybridized carbons (Fsp3) is 0.0833. The first kappa shape index (κ1) is 10.9. The van der Waals surface area contributed by atoms with Crippen LogP contribution in [-0.4, -0.2) is 4.98 Å². The van der Waals surface area contributed by atoms with Crippen molar-refractivity contribution in [2.45, 2.75) is 5.88 Å². The largest absolute Gasteiger partial charge is 0.340 e. The molecular formula is C12H10ClFN2. The van der Waals surface area contributed by atoms with Gasteiger partial charge in [0, 0.05) is 11.6 Å². The van der Waals surface area contributed by atoms with Gasteiger partial charge in [-0.15, -0.1) is 11.6 Å². The lowest BCUT2D eigenvalue weighted by Gasteiger charge is -2.05. The van der Waals surface area contributed by atoms with E-state index < -0.39 is 0 Å². The minimum Gasteiger partial charge on any atom is -0.340 e. The van der Waals surface area contributed by atoms with Crippen LogP contribution in [0.15, 0.2) is 42.6 Å². The Morgan fingerprint density at radius 3 is 2.44 bits per heavy atom. The van der Waals surface area contributed by atoms with Crippen molar-refractivity contribution in [2.24, 2.45) is 0 Å². The van der Waals surface area contributed by atoms with Crippen molar-refractivity contribution >= 4 is 23.1 Å². The highest BCUT2D eigenvalue weighted by atomic mass is 35.5. The van der Waals surface area contributed by atoms with Crippen LogP contribution < -0.4 is 5.32 Å². The van der Waals surface area contributed by atoms with Crippen LogP contribution >= 0.6 is 11.6 Å². The summed E-state index contributed by atoms with van der Waals surface area (Å²) in [6.07, 6.45) is 1.18. The predicted octanol–water partition coefficient (Wildman–Crippen LogP) is 3.70. The van der Waals surface area contributed by atoms with E-state index in [9.17, 15) is 4.39 Å². The molecule has 0 spiro atoms. The third kappa shape index (κ3) is 2.70. The Morgan fingerprint density at radius 2 is 1.88 bits per heavy atom. The van der Waals surface area contributed by atoms with Crippen LogP contribution in [0, 0.1) is 5.82 Å². The van der Waals surface area contributed by atoms with E-state index in [0.717, 1.165) is 11.3 Å². The lowest BCUT2D eigenvalue weighted by molar-refractivity contribution is 0.622. The molecule has 0 saturated heterocycles. The third-order valence-corrected chi connectivity index (χ3v) is 2.42. The third-order valence-electron chi connectivity index (χ3n) is 2.11. The highest BCUT2D eigenvalue weighted by Crippen LogP contribution is 2.15. The molecular weight excluding hydrogens is 227 g/mol. The lowest BCUT2D eigenvalue weighted by atomic mass is 10.2. The van der Waals surface area contributed by atoms with E-state index in [0.29, 0.717) is 11.7 Å². The summed E-state index contributed by atoms with van der Waals surface area (Å²) in [7, 11) is 0. The topological polar surface area (TPSA) is 24.9 Å². The van der Waals surface area contributed by atoms with E-state index in [4.69, 9.17) is 11.6 Å². The molecule has 1 aromatic carbocycles. The minimum atomic E-state index is -0.344. The Bertz CT molecular complexity index is 453. The second-order valence-corrected chi connectivity index (χ2v) is 3.58. The summed E-state index contributed by atoms with van der Waals surface area (Å²) in [5, 5.41) is 3.06. The number of halogens is 2. The molecule has 4 heteroatoms. The van der Waals surface area contributed by atoms with Gasteiger partial charge in [-0.3, -0.25) is 0 Å². The summed E-state index contributed by atoms with van der Waals surface area (Å²) in [6.45, 7) is 0. The fourth-order valence-electron chi connectivity index (χ4n) is 1.27. The van der Waals surface area contributed by atoms with E-state index in [1.165, 1.54) is 12.3 Å². The number of nitrogens with one attached hydrogen (secondary N) is 1. The van der Waals surface area contributed by atoms with Crippen molar-refractivity contribution in [3.05, 3.63) is 54.0 Å². The normalized spacial score (nSPS) is 10.1. The summed E-state index contributed by atoms with van der Waals surface area (Å²) in [6, 6.07) is 10.6. The number of anilines is 2. The second kappa shape index (κ2) is 4.94. The minimum absolute atomic E-state index is 0.344. The maximum absolute atomic E-state index is 12.6. The Hall–Kier alpha value is -1.61. The maximum atomic E-state index is 12.6. The van der Waals surface area contributed by atoms with Gasteiger partial charge in [0.05, 0.1) is 6.20 Å².